The van der Waals surface area contributed by atoms with E-state index >= 15 is 0 Å². The van der Waals surface area contributed by atoms with Gasteiger partial charge in [-0.25, -0.2) is 0 Å². The normalized spacial score (nSPS) is 5.50. The molecule has 0 atom stereocenters. The Balaban J connectivity index is 0. The second-order valence-corrected chi connectivity index (χ2v) is 0.624. The number of hydrogen-bond donors (Lipinski definition) is 2. The van der Waals surface area contributed by atoms with Crippen molar-refractivity contribution in [2.75, 3.05) is 0 Å². The Morgan fingerprint density at radius 1 is 1.25 bits per heavy atom. The summed E-state index contributed by atoms with van der Waals surface area (Å²) in [6, 6.07) is 0. The van der Waals surface area contributed by atoms with Gasteiger partial charge in [0, 0.05) is 5.48 Å². The summed E-state index contributed by atoms with van der Waals surface area (Å²) < 4.78 is 9.35. The third-order valence-electron chi connectivity index (χ3n) is 0. The quantitative estimate of drug-likeness (QED) is 0.425. The molecule has 0 saturated heterocycles. The minimum atomic E-state index is -0.0500. The van der Waals surface area contributed by atoms with Crippen LogP contribution in [0, 0.1) is 0 Å². The van der Waals surface area contributed by atoms with Gasteiger partial charge in [-0.15, -0.1) is 0 Å². The van der Waals surface area contributed by atoms with Crippen molar-refractivity contribution in [1.82, 2.24) is 0 Å². The van der Waals surface area contributed by atoms with E-state index in [0.717, 1.165) is 0 Å². The maximum absolute atomic E-state index is 4.68. The zero-order valence-corrected chi connectivity index (χ0v) is 3.43. The summed E-state index contributed by atoms with van der Waals surface area (Å²) in [5.74, 6) is 0. The fourth-order valence-corrected chi connectivity index (χ4v) is 0. The molecule has 0 spiro atoms. The van der Waals surface area contributed by atoms with Crippen molar-refractivity contribution in [1.29, 1.82) is 0 Å². The van der Waals surface area contributed by atoms with Gasteiger partial charge in [-0.3, -0.25) is 0 Å². The predicted octanol–water partition coefficient (Wildman–Crippen LogP) is -1.30. The van der Waals surface area contributed by atoms with Crippen LogP contribution in [0.1, 0.15) is 0 Å². The van der Waals surface area contributed by atoms with Crippen molar-refractivity contribution in [2.45, 2.75) is 0 Å². The van der Waals surface area contributed by atoms with E-state index in [2.05, 4.69) is 8.73 Å². The molecular formula is H4N2OPd. The molecule has 4 heavy (non-hydrogen) atoms. The second kappa shape index (κ2) is 9.62. The number of rotatable bonds is 0. The van der Waals surface area contributed by atoms with Crippen molar-refractivity contribution in [3.8, 4) is 0 Å². The molecule has 3 nitrogen and oxygen atoms in total. The van der Waals surface area contributed by atoms with Gasteiger partial charge in [-0.1, -0.05) is 0 Å². The first-order valence-electron chi connectivity index (χ1n) is 0.365. The van der Waals surface area contributed by atoms with E-state index in [9.17, 15) is 0 Å². The van der Waals surface area contributed by atoms with E-state index in [4.69, 9.17) is 0 Å². The second-order valence-electron chi connectivity index (χ2n) is 0.105. The van der Waals surface area contributed by atoms with Gasteiger partial charge in [0.05, 0.1) is 0 Å². The van der Waals surface area contributed by atoms with E-state index < -0.39 is 0 Å². The third kappa shape index (κ3) is 20.6. The van der Waals surface area contributed by atoms with Crippen LogP contribution in [0.15, 0.2) is 0 Å². The van der Waals surface area contributed by atoms with E-state index in [1.165, 1.54) is 0 Å². The molecule has 0 bridgehead atoms. The van der Waals surface area contributed by atoms with Crippen LogP contribution in [0.5, 0.6) is 0 Å². The van der Waals surface area contributed by atoms with E-state index in [1.54, 1.807) is 0 Å². The standard InChI is InChI=1S/2H2N.O.Pd/h2*1H2;;/q2*-1;;+2. The maximum Gasteiger partial charge on any atom is 0 e. The average Bonchev–Trinajstić information content (AvgIpc) is 0.918. The van der Waals surface area contributed by atoms with Crippen LogP contribution in [0.3, 0.4) is 0 Å². The third-order valence-corrected chi connectivity index (χ3v) is 0. The molecule has 0 aliphatic heterocycles. The molecule has 30 valence electrons. The summed E-state index contributed by atoms with van der Waals surface area (Å²) in [6.45, 7) is 0. The Bertz CT molecular complexity index is 6.00. The minimum absolute atomic E-state index is 0. The Labute approximate surface area is 33.4 Å². The molecule has 0 fully saturated rings. The Hall–Kier alpha value is 0.542. The van der Waals surface area contributed by atoms with E-state index in [1.807, 2.05) is 0 Å². The topological polar surface area (TPSA) is 80.5 Å². The molecule has 0 unspecified atom stereocenters. The van der Waals surface area contributed by atoms with Crippen molar-refractivity contribution in [3.05, 3.63) is 0 Å². The molecule has 0 aliphatic rings. The molecule has 0 aliphatic carbocycles. The van der Waals surface area contributed by atoms with Crippen molar-refractivity contribution in [2.24, 2.45) is 8.73 Å². The van der Waals surface area contributed by atoms with Gasteiger partial charge >= 0.3 is 27.2 Å². The fraction of sp³-hybridized carbons (Fsp3) is 0. The van der Waals surface area contributed by atoms with Gasteiger partial charge in [0.1, 0.15) is 0 Å². The number of nitrogens with two attached hydrogens (primary N) is 2. The van der Waals surface area contributed by atoms with Gasteiger partial charge in [0.2, 0.25) is 0 Å². The zero-order valence-electron chi connectivity index (χ0n) is 1.88. The fourth-order valence-electron chi connectivity index (χ4n) is 0. The van der Waals surface area contributed by atoms with Crippen LogP contribution in [-0.4, -0.2) is 0 Å². The summed E-state index contributed by atoms with van der Waals surface area (Å²) in [5, 5.41) is 0. The molecule has 0 heterocycles. The van der Waals surface area contributed by atoms with Gasteiger partial charge in [-0.2, -0.15) is 0 Å². The summed E-state index contributed by atoms with van der Waals surface area (Å²) in [4.78, 5) is 0. The van der Waals surface area contributed by atoms with E-state index in [-0.39, 0.29) is 23.9 Å². The summed E-state index contributed by atoms with van der Waals surface area (Å²) in [5.41, 5.74) is 0. The first-order valence-corrected chi connectivity index (χ1v) is 2.16. The predicted molar refractivity (Wildman–Crippen MR) is 9.06 cm³/mol. The Morgan fingerprint density at radius 3 is 1.25 bits per heavy atom. The largest absolute Gasteiger partial charge is 0 e. The van der Waals surface area contributed by atoms with E-state index in [0.29, 0.717) is 0 Å². The zero-order chi connectivity index (χ0) is 2.71. The van der Waals surface area contributed by atoms with Crippen molar-refractivity contribution < 1.29 is 23.9 Å². The molecule has 4 heteroatoms. The summed E-state index contributed by atoms with van der Waals surface area (Å²) in [6.07, 6.45) is 0. The molecule has 0 aromatic heterocycles. The average molecular weight is 154 g/mol. The van der Waals surface area contributed by atoms with Crippen molar-refractivity contribution >= 4 is 0 Å². The van der Waals surface area contributed by atoms with Crippen LogP contribution >= 0.6 is 0 Å². The van der Waals surface area contributed by atoms with Crippen LogP contribution in [0.2, 0.25) is 0 Å². The van der Waals surface area contributed by atoms with Gasteiger partial charge in [0.25, 0.3) is 0 Å². The van der Waals surface area contributed by atoms with Crippen LogP contribution in [0.25, 0.3) is 0 Å². The maximum atomic E-state index is 4.68. The Morgan fingerprint density at radius 2 is 1.25 bits per heavy atom. The minimum Gasteiger partial charge on any atom is 0 e. The first-order chi connectivity index (χ1) is 1.41. The molecule has 0 amide bonds. The van der Waals surface area contributed by atoms with Gasteiger partial charge < -0.3 is 0 Å². The van der Waals surface area contributed by atoms with Crippen molar-refractivity contribution in [3.63, 3.8) is 0 Å². The SMILES string of the molecule is [NH2][Pd][NH2].[O]. The molecule has 0 saturated carbocycles. The van der Waals surface area contributed by atoms with Gasteiger partial charge in [0.15, 0.2) is 0 Å². The molecule has 0 aromatic carbocycles. The monoisotopic (exact) mass is 154 g/mol. The molecule has 4 N–H and O–H groups in total. The molecule has 0 rings (SSSR count). The molecule has 2 radical (unpaired) electrons. The van der Waals surface area contributed by atoms with Crippen LogP contribution in [-0.2, 0) is 23.9 Å². The summed E-state index contributed by atoms with van der Waals surface area (Å²) in [7, 11) is 0. The molecular weight excluding hydrogens is 150 g/mol. The van der Waals surface area contributed by atoms with Gasteiger partial charge in [-0.05, 0) is 0 Å². The van der Waals surface area contributed by atoms with Crippen LogP contribution in [0.4, 0.5) is 0 Å². The smallest absolute Gasteiger partial charge is 0 e. The summed E-state index contributed by atoms with van der Waals surface area (Å²) >= 11 is -0.0500. The molecule has 0 aromatic rings. The van der Waals surface area contributed by atoms with Crippen LogP contribution < -0.4 is 8.73 Å². The number of hydrogen-bond acceptors (Lipinski definition) is 2. The Kier molecular flexibility index (Phi) is 21.2. The first kappa shape index (κ1) is 8.82.